The Morgan fingerprint density at radius 3 is 2.53 bits per heavy atom. The SMILES string of the molecule is CC1=C(Br)c2ccccc2N(C)S1(=O)=O. The molecule has 0 saturated heterocycles. The monoisotopic (exact) mass is 287 g/mol. The number of benzene rings is 1. The van der Waals surface area contributed by atoms with Crippen LogP contribution in [0.25, 0.3) is 4.48 Å². The second-order valence-corrected chi connectivity index (χ2v) is 6.26. The largest absolute Gasteiger partial charge is 0.269 e. The van der Waals surface area contributed by atoms with Crippen LogP contribution in [-0.2, 0) is 10.0 Å². The van der Waals surface area contributed by atoms with E-state index in [0.29, 0.717) is 15.1 Å². The van der Waals surface area contributed by atoms with Crippen molar-refractivity contribution in [3.05, 3.63) is 34.7 Å². The molecule has 5 heteroatoms. The van der Waals surface area contributed by atoms with E-state index in [0.717, 1.165) is 5.56 Å². The van der Waals surface area contributed by atoms with Crippen molar-refractivity contribution in [3.63, 3.8) is 0 Å². The summed E-state index contributed by atoms with van der Waals surface area (Å²) in [4.78, 5) is 0.351. The molecule has 0 spiro atoms. The Kier molecular flexibility index (Phi) is 2.39. The van der Waals surface area contributed by atoms with Crippen molar-refractivity contribution in [2.45, 2.75) is 6.92 Å². The number of hydrogen-bond acceptors (Lipinski definition) is 2. The van der Waals surface area contributed by atoms with E-state index in [2.05, 4.69) is 15.9 Å². The van der Waals surface area contributed by atoms with Gasteiger partial charge in [-0.15, -0.1) is 0 Å². The van der Waals surface area contributed by atoms with Crippen LogP contribution in [0, 0.1) is 0 Å². The number of rotatable bonds is 0. The maximum Gasteiger partial charge on any atom is 0.261 e. The number of halogens is 1. The van der Waals surface area contributed by atoms with E-state index in [4.69, 9.17) is 0 Å². The van der Waals surface area contributed by atoms with Gasteiger partial charge in [0.2, 0.25) is 0 Å². The third-order valence-corrected chi connectivity index (χ3v) is 5.72. The second-order valence-electron chi connectivity index (χ2n) is 3.36. The Balaban J connectivity index is 2.84. The average molecular weight is 288 g/mol. The van der Waals surface area contributed by atoms with E-state index >= 15 is 0 Å². The molecule has 1 aromatic rings. The highest BCUT2D eigenvalue weighted by molar-refractivity contribution is 9.15. The molecule has 0 unspecified atom stereocenters. The van der Waals surface area contributed by atoms with Gasteiger partial charge in [-0.2, -0.15) is 0 Å². The number of anilines is 1. The van der Waals surface area contributed by atoms with Crippen LogP contribution in [-0.4, -0.2) is 15.5 Å². The second kappa shape index (κ2) is 3.35. The molecular formula is C10H10BrNO2S. The number of allylic oxidation sites excluding steroid dienone is 1. The highest BCUT2D eigenvalue weighted by atomic mass is 79.9. The van der Waals surface area contributed by atoms with E-state index < -0.39 is 10.0 Å². The highest BCUT2D eigenvalue weighted by Gasteiger charge is 2.30. The lowest BCUT2D eigenvalue weighted by molar-refractivity contribution is 0.600. The summed E-state index contributed by atoms with van der Waals surface area (Å²) in [7, 11) is -1.77. The zero-order chi connectivity index (χ0) is 11.2. The molecule has 0 aromatic heterocycles. The first-order valence-electron chi connectivity index (χ1n) is 4.41. The molecule has 15 heavy (non-hydrogen) atoms. The van der Waals surface area contributed by atoms with Crippen LogP contribution in [0.1, 0.15) is 12.5 Å². The van der Waals surface area contributed by atoms with Gasteiger partial charge in [0.25, 0.3) is 10.0 Å². The molecule has 0 fully saturated rings. The van der Waals surface area contributed by atoms with E-state index in [1.807, 2.05) is 18.2 Å². The fourth-order valence-corrected chi connectivity index (χ4v) is 3.69. The van der Waals surface area contributed by atoms with Crippen LogP contribution < -0.4 is 4.31 Å². The quantitative estimate of drug-likeness (QED) is 0.735. The predicted molar refractivity (Wildman–Crippen MR) is 65.3 cm³/mol. The third kappa shape index (κ3) is 1.41. The topological polar surface area (TPSA) is 37.4 Å². The molecule has 3 nitrogen and oxygen atoms in total. The molecule has 1 aliphatic heterocycles. The molecule has 1 aromatic carbocycles. The predicted octanol–water partition coefficient (Wildman–Crippen LogP) is 2.55. The van der Waals surface area contributed by atoms with E-state index in [1.54, 1.807) is 20.0 Å². The van der Waals surface area contributed by atoms with Crippen LogP contribution in [0.5, 0.6) is 0 Å². The molecule has 0 N–H and O–H groups in total. The number of fused-ring (bicyclic) bond motifs is 1. The summed E-state index contributed by atoms with van der Waals surface area (Å²) in [5, 5.41) is 0. The molecular weight excluding hydrogens is 278 g/mol. The van der Waals surface area contributed by atoms with Gasteiger partial charge in [-0.3, -0.25) is 4.31 Å². The van der Waals surface area contributed by atoms with Gasteiger partial charge in [0.05, 0.1) is 10.6 Å². The van der Waals surface area contributed by atoms with Crippen molar-refractivity contribution in [3.8, 4) is 0 Å². The molecule has 0 amide bonds. The first-order chi connectivity index (χ1) is 6.96. The molecule has 0 atom stereocenters. The summed E-state index contributed by atoms with van der Waals surface area (Å²) in [6.45, 7) is 1.60. The summed E-state index contributed by atoms with van der Waals surface area (Å²) in [5.41, 5.74) is 1.61. The van der Waals surface area contributed by atoms with Gasteiger partial charge in [0.15, 0.2) is 0 Å². The molecule has 0 aliphatic carbocycles. The molecule has 0 bridgehead atoms. The van der Waals surface area contributed by atoms with Gasteiger partial charge >= 0.3 is 0 Å². The zero-order valence-corrected chi connectivity index (χ0v) is 10.8. The van der Waals surface area contributed by atoms with Crippen LogP contribution in [0.3, 0.4) is 0 Å². The molecule has 1 aliphatic rings. The van der Waals surface area contributed by atoms with Crippen LogP contribution in [0.2, 0.25) is 0 Å². The lowest BCUT2D eigenvalue weighted by Crippen LogP contribution is -2.30. The van der Waals surface area contributed by atoms with Gasteiger partial charge in [-0.05, 0) is 28.9 Å². The molecule has 2 rings (SSSR count). The van der Waals surface area contributed by atoms with Gasteiger partial charge in [-0.1, -0.05) is 18.2 Å². The maximum absolute atomic E-state index is 11.9. The lowest BCUT2D eigenvalue weighted by Gasteiger charge is -2.27. The molecule has 1 heterocycles. The smallest absolute Gasteiger partial charge is 0.261 e. The Morgan fingerprint density at radius 2 is 1.87 bits per heavy atom. The normalized spacial score (nSPS) is 19.0. The van der Waals surface area contributed by atoms with Crippen molar-refractivity contribution in [2.75, 3.05) is 11.4 Å². The highest BCUT2D eigenvalue weighted by Crippen LogP contribution is 2.40. The van der Waals surface area contributed by atoms with Crippen molar-refractivity contribution in [1.29, 1.82) is 0 Å². The third-order valence-electron chi connectivity index (χ3n) is 2.54. The Hall–Kier alpha value is -0.810. The number of para-hydroxylation sites is 1. The van der Waals surface area contributed by atoms with Crippen LogP contribution in [0.4, 0.5) is 5.69 Å². The minimum Gasteiger partial charge on any atom is -0.269 e. The Morgan fingerprint density at radius 1 is 1.27 bits per heavy atom. The van der Waals surface area contributed by atoms with Crippen molar-refractivity contribution < 1.29 is 8.42 Å². The summed E-state index contributed by atoms with van der Waals surface area (Å²) >= 11 is 3.33. The zero-order valence-electron chi connectivity index (χ0n) is 8.36. The summed E-state index contributed by atoms with van der Waals surface area (Å²) in [6, 6.07) is 7.40. The Labute approximate surface area is 97.6 Å². The van der Waals surface area contributed by atoms with Crippen molar-refractivity contribution in [2.24, 2.45) is 0 Å². The maximum atomic E-state index is 11.9. The van der Waals surface area contributed by atoms with Crippen LogP contribution in [0.15, 0.2) is 29.2 Å². The van der Waals surface area contributed by atoms with Crippen molar-refractivity contribution in [1.82, 2.24) is 0 Å². The number of sulfonamides is 1. The summed E-state index contributed by atoms with van der Waals surface area (Å²) in [5.74, 6) is 0. The minimum absolute atomic E-state index is 0.351. The lowest BCUT2D eigenvalue weighted by atomic mass is 10.1. The minimum atomic E-state index is -3.34. The van der Waals surface area contributed by atoms with Gasteiger partial charge < -0.3 is 0 Å². The molecule has 0 radical (unpaired) electrons. The van der Waals surface area contributed by atoms with E-state index in [1.165, 1.54) is 4.31 Å². The number of hydrogen-bond donors (Lipinski definition) is 0. The first kappa shape index (κ1) is 10.7. The molecule has 0 saturated carbocycles. The Bertz CT molecular complexity index is 548. The average Bonchev–Trinajstić information content (AvgIpc) is 2.24. The van der Waals surface area contributed by atoms with Gasteiger partial charge in [0, 0.05) is 17.1 Å². The van der Waals surface area contributed by atoms with E-state index in [-0.39, 0.29) is 0 Å². The van der Waals surface area contributed by atoms with E-state index in [9.17, 15) is 8.42 Å². The van der Waals surface area contributed by atoms with Gasteiger partial charge in [-0.25, -0.2) is 8.42 Å². The molecule has 80 valence electrons. The first-order valence-corrected chi connectivity index (χ1v) is 6.64. The van der Waals surface area contributed by atoms with Crippen LogP contribution >= 0.6 is 15.9 Å². The number of nitrogens with zero attached hydrogens (tertiary/aromatic N) is 1. The van der Waals surface area contributed by atoms with Crippen molar-refractivity contribution >= 4 is 36.1 Å². The summed E-state index contributed by atoms with van der Waals surface area (Å²) < 4.78 is 25.8. The van der Waals surface area contributed by atoms with Gasteiger partial charge in [0.1, 0.15) is 0 Å². The fourth-order valence-electron chi connectivity index (χ4n) is 1.57. The summed E-state index contributed by atoms with van der Waals surface area (Å²) in [6.07, 6.45) is 0. The standard InChI is InChI=1S/C10H10BrNO2S/c1-7-10(11)8-5-3-4-6-9(8)12(2)15(7,13)14/h3-6H,1-2H3. The fraction of sp³-hybridized carbons (Fsp3) is 0.200.